The highest BCUT2D eigenvalue weighted by molar-refractivity contribution is 6.30. The Bertz CT molecular complexity index is 633. The summed E-state index contributed by atoms with van der Waals surface area (Å²) in [4.78, 5) is 0. The molecular weight excluding hydrogens is 270 g/mol. The predicted octanol–water partition coefficient (Wildman–Crippen LogP) is 4.37. The second-order valence-electron chi connectivity index (χ2n) is 4.94. The lowest BCUT2D eigenvalue weighted by Gasteiger charge is -2.23. The summed E-state index contributed by atoms with van der Waals surface area (Å²) in [6, 6.07) is 17.7. The first kappa shape index (κ1) is 14.4. The minimum atomic E-state index is -0.612. The van der Waals surface area contributed by atoms with Crippen molar-refractivity contribution in [2.45, 2.75) is 18.8 Å². The van der Waals surface area contributed by atoms with Gasteiger partial charge in [-0.1, -0.05) is 41.9 Å². The van der Waals surface area contributed by atoms with E-state index in [1.807, 2.05) is 49.4 Å². The fourth-order valence-electron chi connectivity index (χ4n) is 2.28. The number of methoxy groups -OCH3 is 1. The SMILES string of the molecule is COc1ccc(Cl)cc1CC(C)(C#N)c1ccccc1. The van der Waals surface area contributed by atoms with Gasteiger partial charge in [0, 0.05) is 5.02 Å². The van der Waals surface area contributed by atoms with Crippen LogP contribution in [0.1, 0.15) is 18.1 Å². The molecule has 0 saturated carbocycles. The second kappa shape index (κ2) is 5.98. The molecule has 3 heteroatoms. The maximum absolute atomic E-state index is 9.61. The van der Waals surface area contributed by atoms with Crippen LogP contribution in [0.4, 0.5) is 0 Å². The molecule has 0 amide bonds. The van der Waals surface area contributed by atoms with E-state index in [2.05, 4.69) is 6.07 Å². The monoisotopic (exact) mass is 285 g/mol. The zero-order chi connectivity index (χ0) is 14.6. The number of rotatable bonds is 4. The van der Waals surface area contributed by atoms with Gasteiger partial charge in [0.1, 0.15) is 5.75 Å². The van der Waals surface area contributed by atoms with E-state index in [1.165, 1.54) is 0 Å². The van der Waals surface area contributed by atoms with Crippen molar-refractivity contribution >= 4 is 11.6 Å². The van der Waals surface area contributed by atoms with E-state index in [0.29, 0.717) is 11.4 Å². The molecule has 0 bridgehead atoms. The third-order valence-electron chi connectivity index (χ3n) is 3.44. The molecule has 0 spiro atoms. The summed E-state index contributed by atoms with van der Waals surface area (Å²) in [7, 11) is 1.62. The van der Waals surface area contributed by atoms with Crippen LogP contribution in [0.25, 0.3) is 0 Å². The van der Waals surface area contributed by atoms with Gasteiger partial charge < -0.3 is 4.74 Å². The van der Waals surface area contributed by atoms with E-state index < -0.39 is 5.41 Å². The van der Waals surface area contributed by atoms with E-state index in [9.17, 15) is 5.26 Å². The summed E-state index contributed by atoms with van der Waals surface area (Å²) in [5.41, 5.74) is 1.32. The lowest BCUT2D eigenvalue weighted by atomic mass is 9.78. The van der Waals surface area contributed by atoms with Crippen molar-refractivity contribution in [3.8, 4) is 11.8 Å². The Morgan fingerprint density at radius 3 is 2.50 bits per heavy atom. The predicted molar refractivity (Wildman–Crippen MR) is 81.1 cm³/mol. The maximum atomic E-state index is 9.61. The van der Waals surface area contributed by atoms with Crippen LogP contribution in [0, 0.1) is 11.3 Å². The number of nitrogens with zero attached hydrogens (tertiary/aromatic N) is 1. The highest BCUT2D eigenvalue weighted by Gasteiger charge is 2.28. The summed E-state index contributed by atoms with van der Waals surface area (Å²) in [5, 5.41) is 10.3. The summed E-state index contributed by atoms with van der Waals surface area (Å²) in [6.45, 7) is 1.93. The van der Waals surface area contributed by atoms with Gasteiger partial charge in [0.15, 0.2) is 0 Å². The van der Waals surface area contributed by atoms with E-state index in [0.717, 1.165) is 16.9 Å². The fourth-order valence-corrected chi connectivity index (χ4v) is 2.47. The van der Waals surface area contributed by atoms with Gasteiger partial charge in [-0.2, -0.15) is 5.26 Å². The Hall–Kier alpha value is -1.98. The molecule has 102 valence electrons. The minimum absolute atomic E-state index is 0.553. The second-order valence-corrected chi connectivity index (χ2v) is 5.38. The number of halogens is 1. The fraction of sp³-hybridized carbons (Fsp3) is 0.235. The molecule has 0 aliphatic carbocycles. The zero-order valence-corrected chi connectivity index (χ0v) is 12.3. The molecule has 0 fully saturated rings. The van der Waals surface area contributed by atoms with E-state index in [4.69, 9.17) is 16.3 Å². The molecule has 0 radical (unpaired) electrons. The number of hydrogen-bond donors (Lipinski definition) is 0. The first-order valence-corrected chi connectivity index (χ1v) is 6.76. The lowest BCUT2D eigenvalue weighted by Crippen LogP contribution is -2.23. The van der Waals surface area contributed by atoms with Crippen molar-refractivity contribution in [1.82, 2.24) is 0 Å². The molecule has 0 N–H and O–H groups in total. The molecule has 0 saturated heterocycles. The van der Waals surface area contributed by atoms with Crippen molar-refractivity contribution in [3.63, 3.8) is 0 Å². The highest BCUT2D eigenvalue weighted by Crippen LogP contribution is 2.32. The number of nitriles is 1. The molecule has 0 aliphatic heterocycles. The smallest absolute Gasteiger partial charge is 0.122 e. The summed E-state index contributed by atoms with van der Waals surface area (Å²) in [6.07, 6.45) is 0.553. The molecule has 2 aromatic carbocycles. The first-order valence-electron chi connectivity index (χ1n) is 6.38. The molecule has 0 aromatic heterocycles. The van der Waals surface area contributed by atoms with Gasteiger partial charge in [-0.05, 0) is 42.7 Å². The molecule has 0 heterocycles. The quantitative estimate of drug-likeness (QED) is 0.835. The van der Waals surface area contributed by atoms with Crippen LogP contribution in [0.3, 0.4) is 0 Å². The first-order chi connectivity index (χ1) is 9.59. The van der Waals surface area contributed by atoms with Crippen molar-refractivity contribution < 1.29 is 4.74 Å². The lowest BCUT2D eigenvalue weighted by molar-refractivity contribution is 0.406. The average Bonchev–Trinajstić information content (AvgIpc) is 2.48. The average molecular weight is 286 g/mol. The topological polar surface area (TPSA) is 33.0 Å². The molecule has 20 heavy (non-hydrogen) atoms. The Kier molecular flexibility index (Phi) is 4.32. The normalized spacial score (nSPS) is 13.3. The Labute approximate surface area is 124 Å². The molecule has 1 atom stereocenters. The van der Waals surface area contributed by atoms with Crippen molar-refractivity contribution in [2.75, 3.05) is 7.11 Å². The van der Waals surface area contributed by atoms with Crippen molar-refractivity contribution in [2.24, 2.45) is 0 Å². The summed E-state index contributed by atoms with van der Waals surface area (Å²) >= 11 is 6.05. The third kappa shape index (κ3) is 2.95. The van der Waals surface area contributed by atoms with E-state index in [-0.39, 0.29) is 0 Å². The van der Waals surface area contributed by atoms with Crippen LogP contribution in [-0.4, -0.2) is 7.11 Å². The maximum Gasteiger partial charge on any atom is 0.122 e. The van der Waals surface area contributed by atoms with Gasteiger partial charge in [0.05, 0.1) is 18.6 Å². The van der Waals surface area contributed by atoms with Gasteiger partial charge in [-0.3, -0.25) is 0 Å². The number of hydrogen-bond acceptors (Lipinski definition) is 2. The highest BCUT2D eigenvalue weighted by atomic mass is 35.5. The third-order valence-corrected chi connectivity index (χ3v) is 3.68. The molecule has 1 unspecified atom stereocenters. The van der Waals surface area contributed by atoms with Crippen LogP contribution in [0.2, 0.25) is 5.02 Å². The van der Waals surface area contributed by atoms with Crippen molar-refractivity contribution in [1.29, 1.82) is 5.26 Å². The Morgan fingerprint density at radius 2 is 1.90 bits per heavy atom. The van der Waals surface area contributed by atoms with Crippen molar-refractivity contribution in [3.05, 3.63) is 64.7 Å². The van der Waals surface area contributed by atoms with Crippen LogP contribution >= 0.6 is 11.6 Å². The van der Waals surface area contributed by atoms with Crippen LogP contribution in [0.15, 0.2) is 48.5 Å². The molecule has 2 nitrogen and oxygen atoms in total. The standard InChI is InChI=1S/C17H16ClNO/c1-17(12-19,14-6-4-3-5-7-14)11-13-10-15(18)8-9-16(13)20-2/h3-10H,11H2,1-2H3. The van der Waals surface area contributed by atoms with E-state index in [1.54, 1.807) is 13.2 Å². The largest absolute Gasteiger partial charge is 0.496 e. The number of ether oxygens (including phenoxy) is 1. The van der Waals surface area contributed by atoms with Crippen LogP contribution in [0.5, 0.6) is 5.75 Å². The summed E-state index contributed by atoms with van der Waals surface area (Å²) in [5.74, 6) is 0.756. The van der Waals surface area contributed by atoms with E-state index >= 15 is 0 Å². The molecule has 0 aliphatic rings. The summed E-state index contributed by atoms with van der Waals surface area (Å²) < 4.78 is 5.36. The van der Waals surface area contributed by atoms with Gasteiger partial charge in [0.2, 0.25) is 0 Å². The Balaban J connectivity index is 2.41. The van der Waals surface area contributed by atoms with Crippen LogP contribution < -0.4 is 4.74 Å². The van der Waals surface area contributed by atoms with Crippen LogP contribution in [-0.2, 0) is 11.8 Å². The molecule has 2 rings (SSSR count). The van der Waals surface area contributed by atoms with Gasteiger partial charge in [0.25, 0.3) is 0 Å². The minimum Gasteiger partial charge on any atom is -0.496 e. The van der Waals surface area contributed by atoms with Gasteiger partial charge in [-0.25, -0.2) is 0 Å². The van der Waals surface area contributed by atoms with Gasteiger partial charge in [-0.15, -0.1) is 0 Å². The van der Waals surface area contributed by atoms with Gasteiger partial charge >= 0.3 is 0 Å². The number of benzene rings is 2. The molecule has 2 aromatic rings. The zero-order valence-electron chi connectivity index (χ0n) is 11.6. The Morgan fingerprint density at radius 1 is 1.20 bits per heavy atom. The molecular formula is C17H16ClNO.